The summed E-state index contributed by atoms with van der Waals surface area (Å²) in [5.74, 6) is 0. The molecule has 0 bridgehead atoms. The molecule has 3 nitrogen and oxygen atoms in total. The zero-order valence-corrected chi connectivity index (χ0v) is 5.33. The SMILES string of the molecule is CN1CCN(C)C1O. The molecule has 0 saturated carbocycles. The summed E-state index contributed by atoms with van der Waals surface area (Å²) in [5, 5.41) is 9.12. The van der Waals surface area contributed by atoms with Gasteiger partial charge in [0.1, 0.15) is 0 Å². The van der Waals surface area contributed by atoms with Crippen LogP contribution in [0.2, 0.25) is 0 Å². The zero-order valence-electron chi connectivity index (χ0n) is 5.33. The molecule has 0 aromatic rings. The van der Waals surface area contributed by atoms with Crippen LogP contribution in [0.3, 0.4) is 0 Å². The van der Waals surface area contributed by atoms with Gasteiger partial charge in [-0.05, 0) is 14.1 Å². The summed E-state index contributed by atoms with van der Waals surface area (Å²) in [6.07, 6.45) is -0.352. The van der Waals surface area contributed by atoms with E-state index in [4.69, 9.17) is 5.11 Å². The minimum absolute atomic E-state index is 0.352. The smallest absolute Gasteiger partial charge is 0.165 e. The van der Waals surface area contributed by atoms with Gasteiger partial charge in [0.25, 0.3) is 0 Å². The molecule has 0 aromatic carbocycles. The van der Waals surface area contributed by atoms with Gasteiger partial charge in [-0.15, -0.1) is 0 Å². The van der Waals surface area contributed by atoms with Gasteiger partial charge in [0.2, 0.25) is 0 Å². The minimum Gasteiger partial charge on any atom is -0.365 e. The summed E-state index contributed by atoms with van der Waals surface area (Å²) in [6.45, 7) is 1.94. The standard InChI is InChI=1S/C5H12N2O/c1-6-3-4-7(2)5(6)8/h5,8H,3-4H2,1-2H3. The molecule has 1 heterocycles. The van der Waals surface area contributed by atoms with Gasteiger partial charge in [0.05, 0.1) is 0 Å². The summed E-state index contributed by atoms with van der Waals surface area (Å²) in [4.78, 5) is 3.81. The van der Waals surface area contributed by atoms with Crippen LogP contribution in [0.25, 0.3) is 0 Å². The fraction of sp³-hybridized carbons (Fsp3) is 1.00. The van der Waals surface area contributed by atoms with Gasteiger partial charge >= 0.3 is 0 Å². The first-order valence-corrected chi connectivity index (χ1v) is 2.80. The summed E-state index contributed by atoms with van der Waals surface area (Å²) < 4.78 is 0. The maximum absolute atomic E-state index is 9.12. The van der Waals surface area contributed by atoms with Crippen LogP contribution in [-0.2, 0) is 0 Å². The molecule has 1 N–H and O–H groups in total. The van der Waals surface area contributed by atoms with Crippen LogP contribution in [0, 0.1) is 0 Å². The van der Waals surface area contributed by atoms with Crippen molar-refractivity contribution < 1.29 is 5.11 Å². The summed E-state index contributed by atoms with van der Waals surface area (Å²) in [7, 11) is 3.82. The van der Waals surface area contributed by atoms with Crippen LogP contribution in [0.1, 0.15) is 0 Å². The van der Waals surface area contributed by atoms with Gasteiger partial charge in [0.15, 0.2) is 6.35 Å². The molecule has 1 aliphatic rings. The zero-order chi connectivity index (χ0) is 6.15. The van der Waals surface area contributed by atoms with Crippen molar-refractivity contribution in [2.45, 2.75) is 6.35 Å². The Kier molecular flexibility index (Phi) is 1.51. The van der Waals surface area contributed by atoms with Crippen LogP contribution in [-0.4, -0.2) is 48.4 Å². The second-order valence-corrected chi connectivity index (χ2v) is 2.31. The molecule has 0 spiro atoms. The lowest BCUT2D eigenvalue weighted by Gasteiger charge is -2.17. The van der Waals surface area contributed by atoms with Crippen LogP contribution >= 0.6 is 0 Å². The second-order valence-electron chi connectivity index (χ2n) is 2.31. The first kappa shape index (κ1) is 6.01. The topological polar surface area (TPSA) is 26.7 Å². The predicted octanol–water partition coefficient (Wildman–Crippen LogP) is -0.861. The quantitative estimate of drug-likeness (QED) is 0.446. The van der Waals surface area contributed by atoms with Crippen molar-refractivity contribution in [2.75, 3.05) is 27.2 Å². The van der Waals surface area contributed by atoms with Gasteiger partial charge in [-0.25, -0.2) is 0 Å². The molecule has 0 atom stereocenters. The van der Waals surface area contributed by atoms with E-state index in [0.29, 0.717) is 0 Å². The first-order valence-electron chi connectivity index (χ1n) is 2.80. The molecule has 0 amide bonds. The predicted molar refractivity (Wildman–Crippen MR) is 31.3 cm³/mol. The van der Waals surface area contributed by atoms with E-state index in [2.05, 4.69) is 0 Å². The highest BCUT2D eigenvalue weighted by Crippen LogP contribution is 2.04. The summed E-state index contributed by atoms with van der Waals surface area (Å²) in [5.41, 5.74) is 0. The Labute approximate surface area is 49.5 Å². The molecule has 8 heavy (non-hydrogen) atoms. The van der Waals surface area contributed by atoms with Crippen molar-refractivity contribution in [3.8, 4) is 0 Å². The Hall–Kier alpha value is -0.120. The molecule has 1 fully saturated rings. The third-order valence-corrected chi connectivity index (χ3v) is 1.59. The highest BCUT2D eigenvalue weighted by Gasteiger charge is 2.22. The molecule has 1 saturated heterocycles. The van der Waals surface area contributed by atoms with Crippen molar-refractivity contribution in [3.05, 3.63) is 0 Å². The average molecular weight is 116 g/mol. The lowest BCUT2D eigenvalue weighted by Crippen LogP contribution is -2.33. The maximum Gasteiger partial charge on any atom is 0.165 e. The Morgan fingerprint density at radius 1 is 1.25 bits per heavy atom. The highest BCUT2D eigenvalue weighted by atomic mass is 16.3. The average Bonchev–Trinajstić information content (AvgIpc) is 1.98. The van der Waals surface area contributed by atoms with Crippen molar-refractivity contribution in [2.24, 2.45) is 0 Å². The fourth-order valence-corrected chi connectivity index (χ4v) is 0.883. The van der Waals surface area contributed by atoms with Gasteiger partial charge in [-0.1, -0.05) is 0 Å². The third-order valence-electron chi connectivity index (χ3n) is 1.59. The molecule has 3 heteroatoms. The molecular formula is C5H12N2O. The van der Waals surface area contributed by atoms with Gasteiger partial charge in [0, 0.05) is 13.1 Å². The number of aliphatic hydroxyl groups is 1. The number of rotatable bonds is 0. The summed E-state index contributed by atoms with van der Waals surface area (Å²) >= 11 is 0. The fourth-order valence-electron chi connectivity index (χ4n) is 0.883. The van der Waals surface area contributed by atoms with Crippen molar-refractivity contribution in [3.63, 3.8) is 0 Å². The normalized spacial score (nSPS) is 27.4. The third kappa shape index (κ3) is 0.844. The van der Waals surface area contributed by atoms with Gasteiger partial charge in [-0.3, -0.25) is 9.80 Å². The molecule has 0 unspecified atom stereocenters. The van der Waals surface area contributed by atoms with Gasteiger partial charge < -0.3 is 5.11 Å². The molecule has 1 aliphatic heterocycles. The Morgan fingerprint density at radius 3 is 1.75 bits per heavy atom. The lowest BCUT2D eigenvalue weighted by molar-refractivity contribution is -0.0332. The van der Waals surface area contributed by atoms with E-state index >= 15 is 0 Å². The highest BCUT2D eigenvalue weighted by molar-refractivity contribution is 4.67. The van der Waals surface area contributed by atoms with Crippen LogP contribution in [0.4, 0.5) is 0 Å². The van der Waals surface area contributed by atoms with E-state index in [0.717, 1.165) is 13.1 Å². The minimum atomic E-state index is -0.352. The molecule has 48 valence electrons. The number of hydrogen-bond donors (Lipinski definition) is 1. The first-order chi connectivity index (χ1) is 3.72. The largest absolute Gasteiger partial charge is 0.365 e. The summed E-state index contributed by atoms with van der Waals surface area (Å²) in [6, 6.07) is 0. The number of aliphatic hydroxyl groups excluding tert-OH is 1. The van der Waals surface area contributed by atoms with Crippen molar-refractivity contribution >= 4 is 0 Å². The van der Waals surface area contributed by atoms with E-state index in [-0.39, 0.29) is 6.35 Å². The lowest BCUT2D eigenvalue weighted by atomic mass is 10.6. The van der Waals surface area contributed by atoms with Crippen molar-refractivity contribution in [1.29, 1.82) is 0 Å². The maximum atomic E-state index is 9.12. The van der Waals surface area contributed by atoms with E-state index in [1.165, 1.54) is 0 Å². The van der Waals surface area contributed by atoms with Crippen molar-refractivity contribution in [1.82, 2.24) is 9.80 Å². The Balaban J connectivity index is 2.44. The Morgan fingerprint density at radius 2 is 1.62 bits per heavy atom. The number of hydrogen-bond acceptors (Lipinski definition) is 3. The second kappa shape index (κ2) is 2.01. The van der Waals surface area contributed by atoms with Crippen LogP contribution in [0.5, 0.6) is 0 Å². The molecular weight excluding hydrogens is 104 g/mol. The van der Waals surface area contributed by atoms with E-state index in [1.54, 1.807) is 0 Å². The molecule has 0 aliphatic carbocycles. The van der Waals surface area contributed by atoms with Crippen LogP contribution < -0.4 is 0 Å². The Bertz CT molecular complexity index is 76.5. The number of nitrogens with zero attached hydrogens (tertiary/aromatic N) is 2. The molecule has 0 aromatic heterocycles. The monoisotopic (exact) mass is 116 g/mol. The molecule has 1 rings (SSSR count). The van der Waals surface area contributed by atoms with Crippen LogP contribution in [0.15, 0.2) is 0 Å². The molecule has 0 radical (unpaired) electrons. The van der Waals surface area contributed by atoms with Gasteiger partial charge in [-0.2, -0.15) is 0 Å². The van der Waals surface area contributed by atoms with E-state index in [9.17, 15) is 0 Å². The van der Waals surface area contributed by atoms with E-state index in [1.807, 2.05) is 23.9 Å². The van der Waals surface area contributed by atoms with E-state index < -0.39 is 0 Å². The number of likely N-dealkylation sites (N-methyl/N-ethyl adjacent to an activating group) is 2.